The van der Waals surface area contributed by atoms with E-state index >= 15 is 0 Å². The molecule has 2 aromatic heterocycles. The maximum atomic E-state index is 12.4. The topological polar surface area (TPSA) is 71.5 Å². The van der Waals surface area contributed by atoms with Crippen LogP contribution in [0.4, 0.5) is 5.95 Å². The highest BCUT2D eigenvalue weighted by Crippen LogP contribution is 2.15. The molecule has 0 aromatic carbocycles. The molecule has 132 valence electrons. The summed E-state index contributed by atoms with van der Waals surface area (Å²) < 4.78 is 5.14. The van der Waals surface area contributed by atoms with Crippen molar-refractivity contribution in [1.82, 2.24) is 19.9 Å². The Kier molecular flexibility index (Phi) is 5.77. The molecule has 0 aliphatic carbocycles. The minimum absolute atomic E-state index is 0.210. The first-order chi connectivity index (χ1) is 12.3. The van der Waals surface area contributed by atoms with E-state index in [2.05, 4.69) is 19.9 Å². The fraction of sp³-hybridized carbons (Fsp3) is 0.444. The minimum atomic E-state index is 0.210. The quantitative estimate of drug-likeness (QED) is 0.794. The van der Waals surface area contributed by atoms with Gasteiger partial charge in [0.15, 0.2) is 0 Å². The molecule has 1 aliphatic rings. The summed E-state index contributed by atoms with van der Waals surface area (Å²) >= 11 is 0. The standard InChI is InChI=1S/C18H23N5O2/c1-25-16-8-10-20-18(21-16)23-13-11-22(12-14-23)17(24)7-4-6-15-5-2-3-9-19-15/h2-3,5,8-10H,4,6-7,11-14H2,1H3. The summed E-state index contributed by atoms with van der Waals surface area (Å²) in [6, 6.07) is 7.60. The summed E-state index contributed by atoms with van der Waals surface area (Å²) in [6.07, 6.45) is 5.71. The number of nitrogens with zero attached hydrogens (tertiary/aromatic N) is 5. The van der Waals surface area contributed by atoms with Crippen LogP contribution in [0.15, 0.2) is 36.7 Å². The molecule has 7 heteroatoms. The number of amides is 1. The predicted molar refractivity (Wildman–Crippen MR) is 94.6 cm³/mol. The maximum absolute atomic E-state index is 12.4. The Morgan fingerprint density at radius 2 is 1.96 bits per heavy atom. The van der Waals surface area contributed by atoms with E-state index in [-0.39, 0.29) is 5.91 Å². The Labute approximate surface area is 147 Å². The lowest BCUT2D eigenvalue weighted by molar-refractivity contribution is -0.131. The van der Waals surface area contributed by atoms with Gasteiger partial charge in [-0.25, -0.2) is 4.98 Å². The molecule has 7 nitrogen and oxygen atoms in total. The van der Waals surface area contributed by atoms with Crippen LogP contribution in [0.3, 0.4) is 0 Å². The number of aromatic nitrogens is 3. The maximum Gasteiger partial charge on any atom is 0.228 e. The Bertz CT molecular complexity index is 687. The smallest absolute Gasteiger partial charge is 0.228 e. The van der Waals surface area contributed by atoms with E-state index in [0.717, 1.165) is 31.6 Å². The van der Waals surface area contributed by atoms with Crippen LogP contribution in [0.1, 0.15) is 18.5 Å². The van der Waals surface area contributed by atoms with Crippen molar-refractivity contribution in [3.8, 4) is 5.88 Å². The second-order valence-electron chi connectivity index (χ2n) is 5.94. The van der Waals surface area contributed by atoms with Crippen LogP contribution in [0.25, 0.3) is 0 Å². The zero-order valence-electron chi connectivity index (χ0n) is 14.5. The summed E-state index contributed by atoms with van der Waals surface area (Å²) in [5.41, 5.74) is 1.04. The first-order valence-electron chi connectivity index (χ1n) is 8.56. The van der Waals surface area contributed by atoms with Gasteiger partial charge in [0.25, 0.3) is 0 Å². The number of methoxy groups -OCH3 is 1. The fourth-order valence-electron chi connectivity index (χ4n) is 2.88. The Hall–Kier alpha value is -2.70. The number of aryl methyl sites for hydroxylation is 1. The molecule has 0 unspecified atom stereocenters. The Balaban J connectivity index is 1.44. The predicted octanol–water partition coefficient (Wildman–Crippen LogP) is 1.55. The van der Waals surface area contributed by atoms with Crippen LogP contribution in [0, 0.1) is 0 Å². The van der Waals surface area contributed by atoms with Gasteiger partial charge in [0.2, 0.25) is 17.7 Å². The zero-order chi connectivity index (χ0) is 17.5. The van der Waals surface area contributed by atoms with E-state index in [9.17, 15) is 4.79 Å². The zero-order valence-corrected chi connectivity index (χ0v) is 14.5. The first-order valence-corrected chi connectivity index (χ1v) is 8.56. The molecule has 0 radical (unpaired) electrons. The van der Waals surface area contributed by atoms with Crippen LogP contribution < -0.4 is 9.64 Å². The summed E-state index contributed by atoms with van der Waals surface area (Å²) in [7, 11) is 1.59. The summed E-state index contributed by atoms with van der Waals surface area (Å²) in [4.78, 5) is 29.3. The van der Waals surface area contributed by atoms with Gasteiger partial charge in [-0.05, 0) is 25.0 Å². The van der Waals surface area contributed by atoms with E-state index in [1.807, 2.05) is 23.1 Å². The van der Waals surface area contributed by atoms with Gasteiger partial charge in [-0.2, -0.15) is 4.98 Å². The molecule has 2 aromatic rings. The average Bonchev–Trinajstić information content (AvgIpc) is 2.69. The van der Waals surface area contributed by atoms with Crippen molar-refractivity contribution >= 4 is 11.9 Å². The lowest BCUT2D eigenvalue weighted by Gasteiger charge is -2.34. The van der Waals surface area contributed by atoms with Crippen molar-refractivity contribution in [2.45, 2.75) is 19.3 Å². The minimum Gasteiger partial charge on any atom is -0.481 e. The van der Waals surface area contributed by atoms with Crippen molar-refractivity contribution in [3.63, 3.8) is 0 Å². The molecule has 1 amide bonds. The fourth-order valence-corrected chi connectivity index (χ4v) is 2.88. The van der Waals surface area contributed by atoms with E-state index < -0.39 is 0 Å². The average molecular weight is 341 g/mol. The monoisotopic (exact) mass is 341 g/mol. The third kappa shape index (κ3) is 4.65. The highest BCUT2D eigenvalue weighted by molar-refractivity contribution is 5.76. The van der Waals surface area contributed by atoms with Crippen LogP contribution in [-0.4, -0.2) is 59.0 Å². The highest BCUT2D eigenvalue weighted by atomic mass is 16.5. The van der Waals surface area contributed by atoms with Gasteiger partial charge in [0.1, 0.15) is 0 Å². The molecular weight excluding hydrogens is 318 g/mol. The normalized spacial score (nSPS) is 14.4. The van der Waals surface area contributed by atoms with Gasteiger partial charge in [0.05, 0.1) is 7.11 Å². The summed E-state index contributed by atoms with van der Waals surface area (Å²) in [5.74, 6) is 1.42. The van der Waals surface area contributed by atoms with E-state index in [1.54, 1.807) is 25.6 Å². The molecule has 3 heterocycles. The molecule has 1 aliphatic heterocycles. The van der Waals surface area contributed by atoms with Gasteiger partial charge in [-0.3, -0.25) is 9.78 Å². The molecule has 0 saturated carbocycles. The summed E-state index contributed by atoms with van der Waals surface area (Å²) in [6.45, 7) is 2.87. The van der Waals surface area contributed by atoms with E-state index in [0.29, 0.717) is 31.3 Å². The second-order valence-corrected chi connectivity index (χ2v) is 5.94. The lowest BCUT2D eigenvalue weighted by Crippen LogP contribution is -2.49. The van der Waals surface area contributed by atoms with Crippen LogP contribution in [-0.2, 0) is 11.2 Å². The molecule has 1 saturated heterocycles. The number of ether oxygens (including phenoxy) is 1. The largest absolute Gasteiger partial charge is 0.481 e. The van der Waals surface area contributed by atoms with Gasteiger partial charge < -0.3 is 14.5 Å². The Morgan fingerprint density at radius 1 is 1.12 bits per heavy atom. The van der Waals surface area contributed by atoms with E-state index in [4.69, 9.17) is 4.74 Å². The molecule has 3 rings (SSSR count). The number of anilines is 1. The van der Waals surface area contributed by atoms with Gasteiger partial charge >= 0.3 is 0 Å². The third-order valence-electron chi connectivity index (χ3n) is 4.29. The highest BCUT2D eigenvalue weighted by Gasteiger charge is 2.22. The van der Waals surface area contributed by atoms with Crippen molar-refractivity contribution in [1.29, 1.82) is 0 Å². The Morgan fingerprint density at radius 3 is 2.68 bits per heavy atom. The molecule has 0 atom stereocenters. The van der Waals surface area contributed by atoms with Crippen molar-refractivity contribution in [2.75, 3.05) is 38.2 Å². The van der Waals surface area contributed by atoms with Crippen molar-refractivity contribution in [3.05, 3.63) is 42.4 Å². The SMILES string of the molecule is COc1ccnc(N2CCN(C(=O)CCCc3ccccn3)CC2)n1. The van der Waals surface area contributed by atoms with E-state index in [1.165, 1.54) is 0 Å². The van der Waals surface area contributed by atoms with Gasteiger partial charge in [-0.1, -0.05) is 6.07 Å². The number of hydrogen-bond acceptors (Lipinski definition) is 6. The van der Waals surface area contributed by atoms with Crippen LogP contribution in [0.5, 0.6) is 5.88 Å². The molecule has 1 fully saturated rings. The number of rotatable bonds is 6. The third-order valence-corrected chi connectivity index (χ3v) is 4.29. The number of piperazine rings is 1. The molecule has 25 heavy (non-hydrogen) atoms. The number of pyridine rings is 1. The van der Waals surface area contributed by atoms with Crippen molar-refractivity contribution < 1.29 is 9.53 Å². The van der Waals surface area contributed by atoms with Crippen LogP contribution in [0.2, 0.25) is 0 Å². The summed E-state index contributed by atoms with van der Waals surface area (Å²) in [5, 5.41) is 0. The lowest BCUT2D eigenvalue weighted by atomic mass is 10.1. The molecule has 0 spiro atoms. The first kappa shape index (κ1) is 17.1. The number of hydrogen-bond donors (Lipinski definition) is 0. The van der Waals surface area contributed by atoms with Gasteiger partial charge in [-0.15, -0.1) is 0 Å². The molecule has 0 N–H and O–H groups in total. The molecule has 0 bridgehead atoms. The van der Waals surface area contributed by atoms with Crippen molar-refractivity contribution in [2.24, 2.45) is 0 Å². The van der Waals surface area contributed by atoms with Gasteiger partial charge in [0, 0.05) is 56.8 Å². The van der Waals surface area contributed by atoms with Crippen LogP contribution >= 0.6 is 0 Å². The molecular formula is C18H23N5O2. The number of carbonyl (C=O) groups is 1. The second kappa shape index (κ2) is 8.41. The number of carbonyl (C=O) groups excluding carboxylic acids is 1.